The van der Waals surface area contributed by atoms with Crippen molar-refractivity contribution in [1.82, 2.24) is 0 Å². The van der Waals surface area contributed by atoms with Gasteiger partial charge in [0.15, 0.2) is 23.1 Å². The molecule has 2 aromatic rings. The van der Waals surface area contributed by atoms with E-state index in [1.165, 1.54) is 25.3 Å². The highest BCUT2D eigenvalue weighted by molar-refractivity contribution is 5.80. The Labute approximate surface area is 132 Å². The number of carbonyl (C=O) groups is 2. The SMILES string of the molecule is COc1ccccc1OC(=O)CCC(=O)Oc1ccccc1F. The van der Waals surface area contributed by atoms with Gasteiger partial charge in [0, 0.05) is 0 Å². The van der Waals surface area contributed by atoms with Crippen LogP contribution in [-0.2, 0) is 9.59 Å². The summed E-state index contributed by atoms with van der Waals surface area (Å²) in [7, 11) is 1.46. The highest BCUT2D eigenvalue weighted by atomic mass is 19.1. The second-order valence-corrected chi connectivity index (χ2v) is 4.53. The molecular formula is C17H15FO5. The lowest BCUT2D eigenvalue weighted by atomic mass is 10.3. The fourth-order valence-corrected chi connectivity index (χ4v) is 1.78. The Morgan fingerprint density at radius 2 is 1.30 bits per heavy atom. The minimum absolute atomic E-state index is 0.171. The van der Waals surface area contributed by atoms with Crippen LogP contribution >= 0.6 is 0 Å². The number of hydrogen-bond donors (Lipinski definition) is 0. The molecule has 0 aromatic heterocycles. The van der Waals surface area contributed by atoms with Gasteiger partial charge in [0.05, 0.1) is 20.0 Å². The fourth-order valence-electron chi connectivity index (χ4n) is 1.78. The van der Waals surface area contributed by atoms with Gasteiger partial charge in [-0.1, -0.05) is 24.3 Å². The summed E-state index contributed by atoms with van der Waals surface area (Å²) in [6.45, 7) is 0. The number of esters is 2. The van der Waals surface area contributed by atoms with E-state index in [-0.39, 0.29) is 24.3 Å². The molecular weight excluding hydrogens is 303 g/mol. The van der Waals surface area contributed by atoms with Crippen LogP contribution in [0.15, 0.2) is 48.5 Å². The molecule has 2 rings (SSSR count). The van der Waals surface area contributed by atoms with Crippen molar-refractivity contribution in [3.05, 3.63) is 54.3 Å². The van der Waals surface area contributed by atoms with Crippen LogP contribution in [0.25, 0.3) is 0 Å². The standard InChI is InChI=1S/C17H15FO5/c1-21-14-8-4-5-9-15(14)23-17(20)11-10-16(19)22-13-7-3-2-6-12(13)18/h2-9H,10-11H2,1H3. The molecule has 0 aliphatic rings. The molecule has 6 heteroatoms. The molecule has 5 nitrogen and oxygen atoms in total. The van der Waals surface area contributed by atoms with Gasteiger partial charge in [-0.05, 0) is 24.3 Å². The second-order valence-electron chi connectivity index (χ2n) is 4.53. The number of ether oxygens (including phenoxy) is 3. The van der Waals surface area contributed by atoms with E-state index >= 15 is 0 Å². The van der Waals surface area contributed by atoms with Crippen molar-refractivity contribution in [2.45, 2.75) is 12.8 Å². The summed E-state index contributed by atoms with van der Waals surface area (Å²) in [5.74, 6) is -1.46. The maximum absolute atomic E-state index is 13.3. The van der Waals surface area contributed by atoms with E-state index in [1.807, 2.05) is 0 Å². The van der Waals surface area contributed by atoms with E-state index in [0.29, 0.717) is 5.75 Å². The monoisotopic (exact) mass is 318 g/mol. The number of benzene rings is 2. The van der Waals surface area contributed by atoms with Gasteiger partial charge < -0.3 is 14.2 Å². The molecule has 0 saturated heterocycles. The molecule has 0 aliphatic heterocycles. The smallest absolute Gasteiger partial charge is 0.311 e. The van der Waals surface area contributed by atoms with E-state index in [4.69, 9.17) is 14.2 Å². The van der Waals surface area contributed by atoms with Gasteiger partial charge in [0.1, 0.15) is 0 Å². The normalized spacial score (nSPS) is 10.0. The zero-order valence-corrected chi connectivity index (χ0v) is 12.5. The Bertz CT molecular complexity index is 699. The first kappa shape index (κ1) is 16.5. The van der Waals surface area contributed by atoms with Gasteiger partial charge in [-0.2, -0.15) is 0 Å². The molecule has 0 fully saturated rings. The predicted molar refractivity (Wildman–Crippen MR) is 79.9 cm³/mol. The highest BCUT2D eigenvalue weighted by Gasteiger charge is 2.14. The maximum Gasteiger partial charge on any atom is 0.311 e. The summed E-state index contributed by atoms with van der Waals surface area (Å²) >= 11 is 0. The predicted octanol–water partition coefficient (Wildman–Crippen LogP) is 3.13. The van der Waals surface area contributed by atoms with E-state index in [0.717, 1.165) is 0 Å². The third kappa shape index (κ3) is 4.81. The zero-order chi connectivity index (χ0) is 16.7. The van der Waals surface area contributed by atoms with Crippen LogP contribution < -0.4 is 14.2 Å². The molecule has 23 heavy (non-hydrogen) atoms. The van der Waals surface area contributed by atoms with Gasteiger partial charge in [-0.3, -0.25) is 9.59 Å². The van der Waals surface area contributed by atoms with Crippen molar-refractivity contribution in [2.24, 2.45) is 0 Å². The Kier molecular flexibility index (Phi) is 5.68. The second kappa shape index (κ2) is 7.93. The third-order valence-corrected chi connectivity index (χ3v) is 2.89. The summed E-state index contributed by atoms with van der Waals surface area (Å²) in [5.41, 5.74) is 0. The van der Waals surface area contributed by atoms with Crippen molar-refractivity contribution >= 4 is 11.9 Å². The summed E-state index contributed by atoms with van der Waals surface area (Å²) in [5, 5.41) is 0. The zero-order valence-electron chi connectivity index (χ0n) is 12.5. The number of hydrogen-bond acceptors (Lipinski definition) is 5. The average molecular weight is 318 g/mol. The van der Waals surface area contributed by atoms with Crippen molar-refractivity contribution in [3.8, 4) is 17.2 Å². The van der Waals surface area contributed by atoms with Crippen LogP contribution in [0.5, 0.6) is 17.2 Å². The quantitative estimate of drug-likeness (QED) is 0.605. The van der Waals surface area contributed by atoms with Gasteiger partial charge >= 0.3 is 11.9 Å². The molecule has 120 valence electrons. The summed E-state index contributed by atoms with van der Waals surface area (Å²) in [6.07, 6.45) is -0.409. The third-order valence-electron chi connectivity index (χ3n) is 2.89. The van der Waals surface area contributed by atoms with Crippen LogP contribution in [0.4, 0.5) is 4.39 Å². The molecule has 0 saturated carbocycles. The van der Waals surface area contributed by atoms with Gasteiger partial charge in [0.2, 0.25) is 0 Å². The summed E-state index contributed by atoms with van der Waals surface area (Å²) in [4.78, 5) is 23.4. The van der Waals surface area contributed by atoms with Gasteiger partial charge in [0.25, 0.3) is 0 Å². The molecule has 2 aromatic carbocycles. The number of halogens is 1. The molecule has 0 N–H and O–H groups in total. The average Bonchev–Trinajstić information content (AvgIpc) is 2.55. The summed E-state index contributed by atoms with van der Waals surface area (Å²) < 4.78 is 28.3. The van der Waals surface area contributed by atoms with Gasteiger partial charge in [-0.25, -0.2) is 4.39 Å². The molecule has 0 bridgehead atoms. The van der Waals surface area contributed by atoms with E-state index in [2.05, 4.69) is 0 Å². The van der Waals surface area contributed by atoms with E-state index < -0.39 is 17.8 Å². The first-order chi connectivity index (χ1) is 11.1. The van der Waals surface area contributed by atoms with Crippen LogP contribution in [-0.4, -0.2) is 19.0 Å². The van der Waals surface area contributed by atoms with Crippen molar-refractivity contribution in [1.29, 1.82) is 0 Å². The number of para-hydroxylation sites is 3. The Balaban J connectivity index is 1.84. The largest absolute Gasteiger partial charge is 0.493 e. The topological polar surface area (TPSA) is 61.8 Å². The molecule has 0 unspecified atom stereocenters. The minimum atomic E-state index is -0.716. The van der Waals surface area contributed by atoms with Crippen LogP contribution in [0.2, 0.25) is 0 Å². The molecule has 0 radical (unpaired) electrons. The number of rotatable bonds is 6. The highest BCUT2D eigenvalue weighted by Crippen LogP contribution is 2.26. The Morgan fingerprint density at radius 1 is 0.826 bits per heavy atom. The van der Waals surface area contributed by atoms with Crippen molar-refractivity contribution in [2.75, 3.05) is 7.11 Å². The van der Waals surface area contributed by atoms with Crippen molar-refractivity contribution in [3.63, 3.8) is 0 Å². The maximum atomic E-state index is 13.3. The molecule has 0 atom stereocenters. The van der Waals surface area contributed by atoms with E-state index in [9.17, 15) is 14.0 Å². The minimum Gasteiger partial charge on any atom is -0.493 e. The van der Waals surface area contributed by atoms with E-state index in [1.54, 1.807) is 30.3 Å². The van der Waals surface area contributed by atoms with Gasteiger partial charge in [-0.15, -0.1) is 0 Å². The lowest BCUT2D eigenvalue weighted by Gasteiger charge is -2.08. The fraction of sp³-hybridized carbons (Fsp3) is 0.176. The molecule has 0 spiro atoms. The molecule has 0 heterocycles. The first-order valence-corrected chi connectivity index (χ1v) is 6.89. The van der Waals surface area contributed by atoms with Crippen LogP contribution in [0, 0.1) is 5.82 Å². The lowest BCUT2D eigenvalue weighted by Crippen LogP contribution is -2.14. The Hall–Kier alpha value is -2.89. The van der Waals surface area contributed by atoms with Crippen molar-refractivity contribution < 1.29 is 28.2 Å². The first-order valence-electron chi connectivity index (χ1n) is 6.89. The summed E-state index contributed by atoms with van der Waals surface area (Å²) in [6, 6.07) is 12.2. The van der Waals surface area contributed by atoms with Crippen LogP contribution in [0.1, 0.15) is 12.8 Å². The number of carbonyl (C=O) groups excluding carboxylic acids is 2. The molecule has 0 aliphatic carbocycles. The lowest BCUT2D eigenvalue weighted by molar-refractivity contribution is -0.140. The molecule has 0 amide bonds. The van der Waals surface area contributed by atoms with Crippen LogP contribution in [0.3, 0.4) is 0 Å². The Morgan fingerprint density at radius 3 is 1.87 bits per heavy atom. The number of methoxy groups -OCH3 is 1.